The molecule has 0 bridgehead atoms. The summed E-state index contributed by atoms with van der Waals surface area (Å²) in [6.07, 6.45) is 4.12. The number of pyridine rings is 1. The molecule has 1 aromatic rings. The van der Waals surface area contributed by atoms with Gasteiger partial charge in [-0.15, -0.1) is 11.6 Å². The molecule has 2 rings (SSSR count). The predicted molar refractivity (Wildman–Crippen MR) is 80.2 cm³/mol. The lowest BCUT2D eigenvalue weighted by molar-refractivity contribution is 0.181. The maximum Gasteiger partial charge on any atom is 0.214 e. The molecule has 1 aliphatic heterocycles. The summed E-state index contributed by atoms with van der Waals surface area (Å²) in [5.41, 5.74) is 1.16. The predicted octanol–water partition coefficient (Wildman–Crippen LogP) is 1.16. The second kappa shape index (κ2) is 7.36. The van der Waals surface area contributed by atoms with Gasteiger partial charge in [0, 0.05) is 51.0 Å². The van der Waals surface area contributed by atoms with Gasteiger partial charge in [-0.3, -0.25) is 9.88 Å². The first kappa shape index (κ1) is 15.7. The molecule has 7 heteroatoms. The van der Waals surface area contributed by atoms with E-state index >= 15 is 0 Å². The van der Waals surface area contributed by atoms with E-state index in [9.17, 15) is 8.42 Å². The lowest BCUT2D eigenvalue weighted by Gasteiger charge is -2.33. The highest BCUT2D eigenvalue weighted by Crippen LogP contribution is 2.12. The first-order chi connectivity index (χ1) is 9.62. The first-order valence-electron chi connectivity index (χ1n) is 6.77. The number of aromatic nitrogens is 1. The number of sulfonamides is 1. The molecule has 0 amide bonds. The van der Waals surface area contributed by atoms with Crippen LogP contribution in [0.1, 0.15) is 12.0 Å². The summed E-state index contributed by atoms with van der Waals surface area (Å²) < 4.78 is 25.7. The quantitative estimate of drug-likeness (QED) is 0.739. The Kier molecular flexibility index (Phi) is 5.77. The molecule has 0 N–H and O–H groups in total. The van der Waals surface area contributed by atoms with Crippen molar-refractivity contribution in [3.63, 3.8) is 0 Å². The van der Waals surface area contributed by atoms with Gasteiger partial charge in [-0.05, 0) is 18.1 Å². The van der Waals surface area contributed by atoms with Gasteiger partial charge in [-0.25, -0.2) is 8.42 Å². The molecule has 0 aliphatic carbocycles. The minimum Gasteiger partial charge on any atom is -0.296 e. The van der Waals surface area contributed by atoms with Gasteiger partial charge in [-0.2, -0.15) is 4.31 Å². The Bertz CT molecular complexity index is 502. The third kappa shape index (κ3) is 4.41. The van der Waals surface area contributed by atoms with Gasteiger partial charge in [-0.1, -0.05) is 6.07 Å². The van der Waals surface area contributed by atoms with Gasteiger partial charge in [0.1, 0.15) is 0 Å². The lowest BCUT2D eigenvalue weighted by atomic mass is 10.2. The Morgan fingerprint density at radius 1 is 1.25 bits per heavy atom. The largest absolute Gasteiger partial charge is 0.296 e. The van der Waals surface area contributed by atoms with Crippen LogP contribution in [0.25, 0.3) is 0 Å². The minimum absolute atomic E-state index is 0.152. The molecule has 0 atom stereocenters. The summed E-state index contributed by atoms with van der Waals surface area (Å²) in [6, 6.07) is 3.96. The average molecular weight is 318 g/mol. The molecule has 0 saturated carbocycles. The maximum absolute atomic E-state index is 12.0. The van der Waals surface area contributed by atoms with E-state index in [2.05, 4.69) is 9.88 Å². The van der Waals surface area contributed by atoms with E-state index in [0.717, 1.165) is 25.2 Å². The Morgan fingerprint density at radius 3 is 2.60 bits per heavy atom. The van der Waals surface area contributed by atoms with Gasteiger partial charge < -0.3 is 0 Å². The first-order valence-corrected chi connectivity index (χ1v) is 8.91. The molecular formula is C13H20ClN3O2S. The van der Waals surface area contributed by atoms with Crippen molar-refractivity contribution in [1.82, 2.24) is 14.2 Å². The summed E-state index contributed by atoms with van der Waals surface area (Å²) in [7, 11) is -3.13. The zero-order chi connectivity index (χ0) is 14.4. The molecule has 112 valence electrons. The number of halogens is 1. The summed E-state index contributed by atoms with van der Waals surface area (Å²) in [5, 5.41) is 0. The number of piperazine rings is 1. The topological polar surface area (TPSA) is 53.5 Å². The van der Waals surface area contributed by atoms with Crippen LogP contribution in [0.15, 0.2) is 24.5 Å². The minimum atomic E-state index is -3.13. The van der Waals surface area contributed by atoms with E-state index in [-0.39, 0.29) is 5.75 Å². The van der Waals surface area contributed by atoms with Crippen molar-refractivity contribution in [2.75, 3.05) is 37.8 Å². The highest BCUT2D eigenvalue weighted by molar-refractivity contribution is 7.89. The highest BCUT2D eigenvalue weighted by Gasteiger charge is 2.26. The van der Waals surface area contributed by atoms with Crippen molar-refractivity contribution >= 4 is 21.6 Å². The molecule has 1 aromatic heterocycles. The van der Waals surface area contributed by atoms with E-state index < -0.39 is 10.0 Å². The molecule has 1 fully saturated rings. The van der Waals surface area contributed by atoms with Crippen molar-refractivity contribution in [1.29, 1.82) is 0 Å². The smallest absolute Gasteiger partial charge is 0.214 e. The van der Waals surface area contributed by atoms with Crippen LogP contribution in [0.2, 0.25) is 0 Å². The lowest BCUT2D eigenvalue weighted by Crippen LogP contribution is -2.48. The summed E-state index contributed by atoms with van der Waals surface area (Å²) in [4.78, 5) is 6.35. The fourth-order valence-corrected chi connectivity index (χ4v) is 4.06. The van der Waals surface area contributed by atoms with E-state index in [4.69, 9.17) is 11.6 Å². The Hall–Kier alpha value is -0.690. The average Bonchev–Trinajstić information content (AvgIpc) is 2.47. The van der Waals surface area contributed by atoms with Gasteiger partial charge in [0.05, 0.1) is 5.75 Å². The number of hydrogen-bond acceptors (Lipinski definition) is 4. The number of rotatable bonds is 6. The molecular weight excluding hydrogens is 298 g/mol. The fraction of sp³-hybridized carbons (Fsp3) is 0.615. The number of alkyl halides is 1. The van der Waals surface area contributed by atoms with Crippen LogP contribution in [0.4, 0.5) is 0 Å². The summed E-state index contributed by atoms with van der Waals surface area (Å²) >= 11 is 5.56. The molecule has 1 saturated heterocycles. The van der Waals surface area contributed by atoms with Crippen molar-refractivity contribution < 1.29 is 8.42 Å². The molecule has 0 aromatic carbocycles. The van der Waals surface area contributed by atoms with Crippen LogP contribution in [0.5, 0.6) is 0 Å². The number of nitrogens with zero attached hydrogens (tertiary/aromatic N) is 3. The third-order valence-electron chi connectivity index (χ3n) is 3.39. The number of hydrogen-bond donors (Lipinski definition) is 0. The zero-order valence-electron chi connectivity index (χ0n) is 11.4. The standard InChI is InChI=1S/C13H20ClN3O2S/c14-4-2-10-20(18,19)17-8-6-16(7-9-17)12-13-3-1-5-15-11-13/h1,3,5,11H,2,4,6-10,12H2. The third-order valence-corrected chi connectivity index (χ3v) is 5.61. The molecule has 1 aliphatic rings. The van der Waals surface area contributed by atoms with Crippen LogP contribution in [0.3, 0.4) is 0 Å². The van der Waals surface area contributed by atoms with Crippen molar-refractivity contribution in [3.8, 4) is 0 Å². The highest BCUT2D eigenvalue weighted by atomic mass is 35.5. The second-order valence-corrected chi connectivity index (χ2v) is 7.36. The van der Waals surface area contributed by atoms with Crippen LogP contribution in [-0.4, -0.2) is 60.4 Å². The van der Waals surface area contributed by atoms with Crippen molar-refractivity contribution in [3.05, 3.63) is 30.1 Å². The van der Waals surface area contributed by atoms with Crippen LogP contribution in [-0.2, 0) is 16.6 Å². The molecule has 0 unspecified atom stereocenters. The zero-order valence-corrected chi connectivity index (χ0v) is 13.0. The maximum atomic E-state index is 12.0. The van der Waals surface area contributed by atoms with Gasteiger partial charge in [0.2, 0.25) is 10.0 Å². The SMILES string of the molecule is O=S(=O)(CCCCl)N1CCN(Cc2cccnc2)CC1. The van der Waals surface area contributed by atoms with Crippen molar-refractivity contribution in [2.45, 2.75) is 13.0 Å². The Labute approximate surface area is 125 Å². The van der Waals surface area contributed by atoms with Gasteiger partial charge >= 0.3 is 0 Å². The molecule has 5 nitrogen and oxygen atoms in total. The molecule has 2 heterocycles. The summed E-state index contributed by atoms with van der Waals surface area (Å²) in [5.74, 6) is 0.541. The Balaban J connectivity index is 1.83. The van der Waals surface area contributed by atoms with E-state index in [0.29, 0.717) is 25.4 Å². The van der Waals surface area contributed by atoms with Gasteiger partial charge in [0.15, 0.2) is 0 Å². The molecule has 0 radical (unpaired) electrons. The van der Waals surface area contributed by atoms with E-state index in [1.165, 1.54) is 0 Å². The fourth-order valence-electron chi connectivity index (χ4n) is 2.28. The van der Waals surface area contributed by atoms with Gasteiger partial charge in [0.25, 0.3) is 0 Å². The second-order valence-electron chi connectivity index (χ2n) is 4.90. The molecule has 20 heavy (non-hydrogen) atoms. The monoisotopic (exact) mass is 317 g/mol. The summed E-state index contributed by atoms with van der Waals surface area (Å²) in [6.45, 7) is 3.46. The van der Waals surface area contributed by atoms with Crippen LogP contribution < -0.4 is 0 Å². The van der Waals surface area contributed by atoms with E-state index in [1.807, 2.05) is 18.3 Å². The normalized spacial score (nSPS) is 18.2. The van der Waals surface area contributed by atoms with Crippen molar-refractivity contribution in [2.24, 2.45) is 0 Å². The van der Waals surface area contributed by atoms with E-state index in [1.54, 1.807) is 10.5 Å². The Morgan fingerprint density at radius 2 is 2.00 bits per heavy atom. The van der Waals surface area contributed by atoms with Crippen LogP contribution in [0, 0.1) is 0 Å². The van der Waals surface area contributed by atoms with Crippen LogP contribution >= 0.6 is 11.6 Å². The molecule has 0 spiro atoms.